The molecule has 3 unspecified atom stereocenters. The lowest BCUT2D eigenvalue weighted by Crippen LogP contribution is -2.39. The number of carbonyl (C=O) groups is 1. The molecule has 2 saturated carbocycles. The summed E-state index contributed by atoms with van der Waals surface area (Å²) >= 11 is 0. The van der Waals surface area contributed by atoms with Crippen LogP contribution >= 0.6 is 0 Å². The molecule has 114 valence electrons. The van der Waals surface area contributed by atoms with Gasteiger partial charge in [0.1, 0.15) is 0 Å². The Hall–Kier alpha value is -1.35. The monoisotopic (exact) mass is 287 g/mol. The Balaban J connectivity index is 1.68. The summed E-state index contributed by atoms with van der Waals surface area (Å²) in [6, 6.07) is 10.3. The van der Waals surface area contributed by atoms with E-state index in [1.807, 2.05) is 23.1 Å². The summed E-state index contributed by atoms with van der Waals surface area (Å²) in [5, 5.41) is 0. The van der Waals surface area contributed by atoms with Crippen LogP contribution in [0.5, 0.6) is 0 Å². The highest BCUT2D eigenvalue weighted by atomic mass is 16.5. The molecule has 0 aromatic heterocycles. The third-order valence-corrected chi connectivity index (χ3v) is 5.15. The molecule has 0 saturated heterocycles. The summed E-state index contributed by atoms with van der Waals surface area (Å²) < 4.78 is 5.19. The Kier molecular flexibility index (Phi) is 4.59. The number of benzene rings is 1. The molecule has 0 aliphatic heterocycles. The van der Waals surface area contributed by atoms with E-state index in [1.165, 1.54) is 24.8 Å². The number of rotatable bonds is 6. The van der Waals surface area contributed by atoms with Crippen molar-refractivity contribution in [1.29, 1.82) is 0 Å². The van der Waals surface area contributed by atoms with Crippen LogP contribution in [0, 0.1) is 17.8 Å². The van der Waals surface area contributed by atoms with Gasteiger partial charge in [-0.3, -0.25) is 4.79 Å². The van der Waals surface area contributed by atoms with Crippen molar-refractivity contribution < 1.29 is 9.53 Å². The summed E-state index contributed by atoms with van der Waals surface area (Å²) in [6.07, 6.45) is 4.98. The first kappa shape index (κ1) is 14.6. The first-order chi connectivity index (χ1) is 10.3. The number of carbonyl (C=O) groups excluding carboxylic acids is 1. The van der Waals surface area contributed by atoms with Crippen LogP contribution in [-0.2, 0) is 16.1 Å². The fraction of sp³-hybridized carbons (Fsp3) is 0.611. The summed E-state index contributed by atoms with van der Waals surface area (Å²) in [7, 11) is 1.70. The highest BCUT2D eigenvalue weighted by Gasteiger charge is 2.44. The number of methoxy groups -OCH3 is 1. The minimum absolute atomic E-state index is 0.268. The largest absolute Gasteiger partial charge is 0.383 e. The van der Waals surface area contributed by atoms with Gasteiger partial charge in [0.25, 0.3) is 0 Å². The quantitative estimate of drug-likeness (QED) is 0.804. The molecule has 21 heavy (non-hydrogen) atoms. The lowest BCUT2D eigenvalue weighted by Gasteiger charge is -2.29. The second-order valence-electron chi connectivity index (χ2n) is 6.52. The zero-order valence-corrected chi connectivity index (χ0v) is 12.8. The van der Waals surface area contributed by atoms with E-state index < -0.39 is 0 Å². The molecule has 0 heterocycles. The fourth-order valence-electron chi connectivity index (χ4n) is 4.05. The molecule has 2 fully saturated rings. The van der Waals surface area contributed by atoms with Crippen LogP contribution < -0.4 is 0 Å². The molecular weight excluding hydrogens is 262 g/mol. The van der Waals surface area contributed by atoms with E-state index in [1.54, 1.807) is 7.11 Å². The number of nitrogens with zero attached hydrogens (tertiary/aromatic N) is 1. The minimum atomic E-state index is 0.268. The van der Waals surface area contributed by atoms with Crippen LogP contribution in [0.1, 0.15) is 31.2 Å². The van der Waals surface area contributed by atoms with E-state index in [-0.39, 0.29) is 5.92 Å². The maximum Gasteiger partial charge on any atom is 0.226 e. The van der Waals surface area contributed by atoms with E-state index in [0.717, 1.165) is 12.3 Å². The standard InChI is InChI=1S/C18H25NO2/c1-21-10-9-19(13-14-5-3-2-4-6-14)18(20)17-12-15-7-8-16(17)11-15/h2-6,15-17H,7-13H2,1H3. The number of hydrogen-bond donors (Lipinski definition) is 0. The first-order valence-electron chi connectivity index (χ1n) is 8.09. The minimum Gasteiger partial charge on any atom is -0.383 e. The fourth-order valence-corrected chi connectivity index (χ4v) is 4.05. The van der Waals surface area contributed by atoms with Gasteiger partial charge >= 0.3 is 0 Å². The SMILES string of the molecule is COCCN(Cc1ccccc1)C(=O)C1CC2CCC1C2. The zero-order valence-electron chi connectivity index (χ0n) is 12.8. The van der Waals surface area contributed by atoms with Gasteiger partial charge in [-0.05, 0) is 36.7 Å². The van der Waals surface area contributed by atoms with E-state index in [4.69, 9.17) is 4.74 Å². The van der Waals surface area contributed by atoms with Crippen LogP contribution in [0.3, 0.4) is 0 Å². The lowest BCUT2D eigenvalue weighted by molar-refractivity contribution is -0.138. The number of ether oxygens (including phenoxy) is 1. The molecule has 0 spiro atoms. The van der Waals surface area contributed by atoms with Crippen molar-refractivity contribution in [2.24, 2.45) is 17.8 Å². The number of hydrogen-bond acceptors (Lipinski definition) is 2. The Morgan fingerprint density at radius 1 is 1.24 bits per heavy atom. The average Bonchev–Trinajstić information content (AvgIpc) is 3.14. The Morgan fingerprint density at radius 2 is 2.05 bits per heavy atom. The van der Waals surface area contributed by atoms with Gasteiger partial charge in [-0.15, -0.1) is 0 Å². The predicted octanol–water partition coefficient (Wildman–Crippen LogP) is 3.10. The van der Waals surface area contributed by atoms with Gasteiger partial charge in [0.2, 0.25) is 5.91 Å². The van der Waals surface area contributed by atoms with Crippen LogP contribution in [0.2, 0.25) is 0 Å². The van der Waals surface area contributed by atoms with Gasteiger partial charge in [0.15, 0.2) is 0 Å². The Morgan fingerprint density at radius 3 is 2.67 bits per heavy atom. The second kappa shape index (κ2) is 6.61. The molecule has 3 rings (SSSR count). The van der Waals surface area contributed by atoms with Gasteiger partial charge in [-0.1, -0.05) is 36.8 Å². The van der Waals surface area contributed by atoms with Crippen molar-refractivity contribution >= 4 is 5.91 Å². The highest BCUT2D eigenvalue weighted by molar-refractivity contribution is 5.79. The van der Waals surface area contributed by atoms with E-state index in [2.05, 4.69) is 12.1 Å². The van der Waals surface area contributed by atoms with E-state index >= 15 is 0 Å². The molecule has 0 N–H and O–H groups in total. The number of fused-ring (bicyclic) bond motifs is 2. The van der Waals surface area contributed by atoms with Crippen molar-refractivity contribution in [3.8, 4) is 0 Å². The summed E-state index contributed by atoms with van der Waals surface area (Å²) in [5.74, 6) is 2.07. The number of amides is 1. The zero-order chi connectivity index (χ0) is 14.7. The van der Waals surface area contributed by atoms with Crippen molar-refractivity contribution in [2.45, 2.75) is 32.2 Å². The molecule has 1 aromatic rings. The molecule has 3 atom stereocenters. The summed E-state index contributed by atoms with van der Waals surface area (Å²) in [4.78, 5) is 14.9. The van der Waals surface area contributed by atoms with Gasteiger partial charge < -0.3 is 9.64 Å². The van der Waals surface area contributed by atoms with Crippen molar-refractivity contribution in [3.63, 3.8) is 0 Å². The molecule has 2 aliphatic rings. The van der Waals surface area contributed by atoms with E-state index in [0.29, 0.717) is 31.5 Å². The van der Waals surface area contributed by atoms with Gasteiger partial charge in [-0.2, -0.15) is 0 Å². The first-order valence-corrected chi connectivity index (χ1v) is 8.09. The smallest absolute Gasteiger partial charge is 0.226 e. The molecule has 3 nitrogen and oxygen atoms in total. The molecule has 1 aromatic carbocycles. The third kappa shape index (κ3) is 3.29. The maximum atomic E-state index is 12.9. The Bertz CT molecular complexity index is 473. The summed E-state index contributed by atoms with van der Waals surface area (Å²) in [6.45, 7) is 2.01. The molecule has 3 heteroatoms. The van der Waals surface area contributed by atoms with Gasteiger partial charge in [0.05, 0.1) is 6.61 Å². The third-order valence-electron chi connectivity index (χ3n) is 5.15. The van der Waals surface area contributed by atoms with Crippen LogP contribution in [-0.4, -0.2) is 31.1 Å². The molecular formula is C18H25NO2. The average molecular weight is 287 g/mol. The lowest BCUT2D eigenvalue weighted by atomic mass is 9.87. The van der Waals surface area contributed by atoms with Crippen molar-refractivity contribution in [2.75, 3.05) is 20.3 Å². The Labute approximate surface area is 127 Å². The van der Waals surface area contributed by atoms with Gasteiger partial charge in [0, 0.05) is 26.1 Å². The summed E-state index contributed by atoms with van der Waals surface area (Å²) in [5.41, 5.74) is 1.20. The van der Waals surface area contributed by atoms with E-state index in [9.17, 15) is 4.79 Å². The van der Waals surface area contributed by atoms with Gasteiger partial charge in [-0.25, -0.2) is 0 Å². The van der Waals surface area contributed by atoms with Crippen LogP contribution in [0.4, 0.5) is 0 Å². The molecule has 2 bridgehead atoms. The second-order valence-corrected chi connectivity index (χ2v) is 6.52. The normalized spacial score (nSPS) is 27.0. The van der Waals surface area contributed by atoms with Crippen LogP contribution in [0.25, 0.3) is 0 Å². The predicted molar refractivity (Wildman–Crippen MR) is 82.7 cm³/mol. The van der Waals surface area contributed by atoms with Crippen molar-refractivity contribution in [3.05, 3.63) is 35.9 Å². The topological polar surface area (TPSA) is 29.5 Å². The van der Waals surface area contributed by atoms with Crippen LogP contribution in [0.15, 0.2) is 30.3 Å². The molecule has 1 amide bonds. The van der Waals surface area contributed by atoms with Crippen molar-refractivity contribution in [1.82, 2.24) is 4.90 Å². The molecule has 2 aliphatic carbocycles. The molecule has 0 radical (unpaired) electrons. The maximum absolute atomic E-state index is 12.9. The highest BCUT2D eigenvalue weighted by Crippen LogP contribution is 2.48.